The molecule has 1 aromatic rings. The Labute approximate surface area is 152 Å². The normalized spacial score (nSPS) is 24.8. The van der Waals surface area contributed by atoms with E-state index in [2.05, 4.69) is 10.6 Å². The van der Waals surface area contributed by atoms with E-state index in [0.717, 1.165) is 0 Å². The quantitative estimate of drug-likeness (QED) is 0.836. The Balaban J connectivity index is 2.15. The van der Waals surface area contributed by atoms with E-state index in [9.17, 15) is 14.4 Å². The van der Waals surface area contributed by atoms with Crippen molar-refractivity contribution in [2.75, 3.05) is 6.61 Å². The Morgan fingerprint density at radius 1 is 1.44 bits per heavy atom. The van der Waals surface area contributed by atoms with E-state index in [1.807, 2.05) is 26.2 Å². The van der Waals surface area contributed by atoms with Gasteiger partial charge >= 0.3 is 0 Å². The molecule has 25 heavy (non-hydrogen) atoms. The minimum Gasteiger partial charge on any atom is -0.368 e. The first-order chi connectivity index (χ1) is 11.5. The van der Waals surface area contributed by atoms with Crippen molar-refractivity contribution in [1.82, 2.24) is 10.6 Å². The second kappa shape index (κ2) is 7.25. The Bertz CT molecular complexity index is 651. The molecule has 1 aromatic heterocycles. The van der Waals surface area contributed by atoms with Crippen LogP contribution < -0.4 is 10.6 Å². The van der Waals surface area contributed by atoms with Gasteiger partial charge in [0, 0.05) is 5.38 Å². The number of ketones is 1. The zero-order valence-electron chi connectivity index (χ0n) is 15.3. The van der Waals surface area contributed by atoms with Crippen molar-refractivity contribution < 1.29 is 19.1 Å². The first-order valence-electron chi connectivity index (χ1n) is 8.33. The van der Waals surface area contributed by atoms with Gasteiger partial charge < -0.3 is 15.4 Å². The summed E-state index contributed by atoms with van der Waals surface area (Å²) in [4.78, 5) is 37.4. The molecule has 2 amide bonds. The van der Waals surface area contributed by atoms with Gasteiger partial charge in [0.25, 0.3) is 5.91 Å². The lowest BCUT2D eigenvalue weighted by Gasteiger charge is -2.32. The highest BCUT2D eigenvalue weighted by atomic mass is 32.1. The molecule has 0 spiro atoms. The van der Waals surface area contributed by atoms with E-state index in [-0.39, 0.29) is 29.6 Å². The summed E-state index contributed by atoms with van der Waals surface area (Å²) in [5, 5.41) is 9.15. The number of carbonyl (C=O) groups excluding carboxylic acids is 3. The first kappa shape index (κ1) is 19.6. The van der Waals surface area contributed by atoms with Gasteiger partial charge in [0.2, 0.25) is 5.91 Å². The molecular weight excluding hydrogens is 340 g/mol. The maximum absolute atomic E-state index is 12.8. The number of ether oxygens (including phenoxy) is 1. The number of hydrogen-bond donors (Lipinski definition) is 2. The molecule has 0 radical (unpaired) electrons. The van der Waals surface area contributed by atoms with Crippen LogP contribution in [0.25, 0.3) is 0 Å². The molecule has 0 aliphatic carbocycles. The largest absolute Gasteiger partial charge is 0.368 e. The van der Waals surface area contributed by atoms with Gasteiger partial charge in [-0.1, -0.05) is 20.8 Å². The Morgan fingerprint density at radius 2 is 2.12 bits per heavy atom. The lowest BCUT2D eigenvalue weighted by molar-refractivity contribution is -0.131. The summed E-state index contributed by atoms with van der Waals surface area (Å²) in [5.74, 6) is -0.823. The van der Waals surface area contributed by atoms with Gasteiger partial charge in [-0.2, -0.15) is 11.3 Å². The van der Waals surface area contributed by atoms with Crippen LogP contribution in [0.3, 0.4) is 0 Å². The van der Waals surface area contributed by atoms with E-state index in [4.69, 9.17) is 4.74 Å². The maximum Gasteiger partial charge on any atom is 0.252 e. The van der Waals surface area contributed by atoms with E-state index in [1.54, 1.807) is 25.3 Å². The van der Waals surface area contributed by atoms with E-state index in [0.29, 0.717) is 12.0 Å². The van der Waals surface area contributed by atoms with Crippen molar-refractivity contribution in [2.45, 2.75) is 58.7 Å². The summed E-state index contributed by atoms with van der Waals surface area (Å²) in [5.41, 5.74) is -0.718. The molecule has 1 aliphatic rings. The average Bonchev–Trinajstić information content (AvgIpc) is 3.11. The smallest absolute Gasteiger partial charge is 0.252 e. The molecule has 2 N–H and O–H groups in total. The highest BCUT2D eigenvalue weighted by Gasteiger charge is 2.47. The zero-order chi connectivity index (χ0) is 18.8. The minimum atomic E-state index is -1.07. The molecule has 138 valence electrons. The highest BCUT2D eigenvalue weighted by molar-refractivity contribution is 7.08. The fraction of sp³-hybridized carbons (Fsp3) is 0.611. The highest BCUT2D eigenvalue weighted by Crippen LogP contribution is 2.25. The van der Waals surface area contributed by atoms with Crippen molar-refractivity contribution in [2.24, 2.45) is 5.41 Å². The van der Waals surface area contributed by atoms with Crippen molar-refractivity contribution in [3.05, 3.63) is 22.4 Å². The summed E-state index contributed by atoms with van der Waals surface area (Å²) in [6.45, 7) is 9.41. The number of thiophene rings is 1. The Kier molecular flexibility index (Phi) is 5.68. The van der Waals surface area contributed by atoms with Crippen LogP contribution >= 0.6 is 11.3 Å². The summed E-state index contributed by atoms with van der Waals surface area (Å²) in [6.07, 6.45) is 0.0422. The maximum atomic E-state index is 12.8. The third kappa shape index (κ3) is 4.67. The van der Waals surface area contributed by atoms with Crippen molar-refractivity contribution in [3.8, 4) is 0 Å². The molecular formula is C18H26N2O4S. The van der Waals surface area contributed by atoms with Gasteiger partial charge in [-0.15, -0.1) is 0 Å². The van der Waals surface area contributed by atoms with Crippen molar-refractivity contribution in [3.63, 3.8) is 0 Å². The van der Waals surface area contributed by atoms with Crippen LogP contribution in [-0.2, 0) is 14.3 Å². The van der Waals surface area contributed by atoms with Gasteiger partial charge in [-0.05, 0) is 37.1 Å². The van der Waals surface area contributed by atoms with Gasteiger partial charge in [0.1, 0.15) is 18.2 Å². The lowest BCUT2D eigenvalue weighted by Crippen LogP contribution is -2.60. The minimum absolute atomic E-state index is 0.0108. The number of Topliss-reactive ketones (excluding diaryl/α,β-unsaturated/α-hetero) is 1. The molecule has 0 bridgehead atoms. The van der Waals surface area contributed by atoms with E-state index >= 15 is 0 Å². The molecule has 1 saturated heterocycles. The van der Waals surface area contributed by atoms with Crippen LogP contribution in [0.4, 0.5) is 0 Å². The first-order valence-corrected chi connectivity index (χ1v) is 9.27. The van der Waals surface area contributed by atoms with Gasteiger partial charge in [-0.25, -0.2) is 0 Å². The molecule has 1 aliphatic heterocycles. The molecule has 0 saturated carbocycles. The van der Waals surface area contributed by atoms with Crippen LogP contribution in [0, 0.1) is 5.41 Å². The fourth-order valence-electron chi connectivity index (χ4n) is 2.72. The molecule has 2 rings (SSSR count). The summed E-state index contributed by atoms with van der Waals surface area (Å²) in [7, 11) is 0. The number of rotatable bonds is 5. The third-order valence-corrected chi connectivity index (χ3v) is 5.14. The van der Waals surface area contributed by atoms with Crippen LogP contribution in [0.2, 0.25) is 0 Å². The monoisotopic (exact) mass is 366 g/mol. The number of amides is 2. The number of carbonyl (C=O) groups is 3. The van der Waals surface area contributed by atoms with Gasteiger partial charge in [-0.3, -0.25) is 14.4 Å². The van der Waals surface area contributed by atoms with Crippen LogP contribution in [0.1, 0.15) is 51.4 Å². The predicted molar refractivity (Wildman–Crippen MR) is 96.6 cm³/mol. The second-order valence-corrected chi connectivity index (χ2v) is 8.65. The van der Waals surface area contributed by atoms with Crippen LogP contribution in [0.15, 0.2) is 16.8 Å². The van der Waals surface area contributed by atoms with E-state index < -0.39 is 17.7 Å². The standard InChI is InChI=1S/C18H26N2O4S/c1-11-18(5,14(21)9-24-11)20-16(23)13(8-17(2,3)4)19-15(22)12-6-7-25-10-12/h6-7,10-11,13H,8-9H2,1-5H3,(H,19,22)(H,20,23)/t11-,13-,18-/m1/s1. The Hall–Kier alpha value is -1.73. The lowest BCUT2D eigenvalue weighted by atomic mass is 9.86. The summed E-state index contributed by atoms with van der Waals surface area (Å²) in [6, 6.07) is 0.980. The fourth-order valence-corrected chi connectivity index (χ4v) is 3.35. The Morgan fingerprint density at radius 3 is 2.60 bits per heavy atom. The summed E-state index contributed by atoms with van der Waals surface area (Å²) < 4.78 is 5.35. The SMILES string of the molecule is C[C@H]1OCC(=O)[C@]1(C)NC(=O)[C@@H](CC(C)(C)C)NC(=O)c1ccsc1. The van der Waals surface area contributed by atoms with Crippen LogP contribution in [0.5, 0.6) is 0 Å². The number of nitrogens with one attached hydrogen (secondary N) is 2. The molecule has 0 unspecified atom stereocenters. The molecule has 6 nitrogen and oxygen atoms in total. The molecule has 3 atom stereocenters. The third-order valence-electron chi connectivity index (χ3n) is 4.46. The van der Waals surface area contributed by atoms with Gasteiger partial charge in [0.15, 0.2) is 5.78 Å². The van der Waals surface area contributed by atoms with Gasteiger partial charge in [0.05, 0.1) is 11.7 Å². The second-order valence-electron chi connectivity index (χ2n) is 7.87. The molecule has 2 heterocycles. The number of hydrogen-bond acceptors (Lipinski definition) is 5. The zero-order valence-corrected chi connectivity index (χ0v) is 16.2. The molecule has 0 aromatic carbocycles. The van der Waals surface area contributed by atoms with Crippen molar-refractivity contribution >= 4 is 28.9 Å². The van der Waals surface area contributed by atoms with Crippen molar-refractivity contribution in [1.29, 1.82) is 0 Å². The van der Waals surface area contributed by atoms with E-state index in [1.165, 1.54) is 11.3 Å². The predicted octanol–water partition coefficient (Wildman–Crippen LogP) is 2.15. The van der Waals surface area contributed by atoms with Crippen LogP contribution in [-0.4, -0.2) is 41.9 Å². The summed E-state index contributed by atoms with van der Waals surface area (Å²) >= 11 is 1.42. The average molecular weight is 366 g/mol. The topological polar surface area (TPSA) is 84.5 Å². The molecule has 1 fully saturated rings. The molecule has 7 heteroatoms.